The van der Waals surface area contributed by atoms with Gasteiger partial charge in [0.15, 0.2) is 5.82 Å². The molecule has 2 heterocycles. The number of imidazole rings is 1. The standard InChI is InChI=1S/C12H10FN5/c1-18-10(14)9-11(16-6-15-9)17-12(18)7-4-2-3-5-8(7)13/h2-6H,14H2,1H3. The van der Waals surface area contributed by atoms with Crippen molar-refractivity contribution in [3.63, 3.8) is 0 Å². The third kappa shape index (κ3) is 1.42. The Balaban J connectivity index is 2.34. The van der Waals surface area contributed by atoms with E-state index in [1.165, 1.54) is 12.4 Å². The molecule has 0 radical (unpaired) electrons. The molecule has 0 spiro atoms. The van der Waals surface area contributed by atoms with Crippen LogP contribution < -0.4 is 5.73 Å². The largest absolute Gasteiger partial charge is 0.383 e. The van der Waals surface area contributed by atoms with E-state index in [0.29, 0.717) is 28.7 Å². The Morgan fingerprint density at radius 3 is 2.78 bits per heavy atom. The highest BCUT2D eigenvalue weighted by atomic mass is 19.1. The molecule has 3 rings (SSSR count). The zero-order valence-corrected chi connectivity index (χ0v) is 9.63. The van der Waals surface area contributed by atoms with Crippen molar-refractivity contribution in [2.45, 2.75) is 0 Å². The summed E-state index contributed by atoms with van der Waals surface area (Å²) in [5.41, 5.74) is 6.86. The fraction of sp³-hybridized carbons (Fsp3) is 0.0833. The van der Waals surface area contributed by atoms with Crippen LogP contribution in [0.5, 0.6) is 0 Å². The number of nitrogens with two attached hydrogens (primary N) is 1. The van der Waals surface area contributed by atoms with E-state index in [1.807, 2.05) is 0 Å². The minimum atomic E-state index is -0.348. The molecule has 0 saturated heterocycles. The fourth-order valence-electron chi connectivity index (χ4n) is 1.85. The van der Waals surface area contributed by atoms with Crippen LogP contribution in [-0.4, -0.2) is 19.5 Å². The first-order valence-corrected chi connectivity index (χ1v) is 5.36. The maximum Gasteiger partial charge on any atom is 0.185 e. The lowest BCUT2D eigenvalue weighted by molar-refractivity contribution is 0.628. The van der Waals surface area contributed by atoms with Crippen LogP contribution in [0.2, 0.25) is 0 Å². The third-order valence-corrected chi connectivity index (χ3v) is 2.83. The van der Waals surface area contributed by atoms with Crippen molar-refractivity contribution in [1.82, 2.24) is 19.5 Å². The third-order valence-electron chi connectivity index (χ3n) is 2.83. The molecule has 2 N–H and O–H groups in total. The van der Waals surface area contributed by atoms with Crippen LogP contribution >= 0.6 is 0 Å². The molecular formula is C12H10FN5. The Morgan fingerprint density at radius 2 is 2.00 bits per heavy atom. The van der Waals surface area contributed by atoms with Crippen molar-refractivity contribution >= 4 is 5.82 Å². The Morgan fingerprint density at radius 1 is 1.22 bits per heavy atom. The zero-order chi connectivity index (χ0) is 12.7. The van der Waals surface area contributed by atoms with Gasteiger partial charge in [0.1, 0.15) is 29.5 Å². The number of aromatic nitrogens is 4. The van der Waals surface area contributed by atoms with Crippen molar-refractivity contribution in [2.75, 3.05) is 5.73 Å². The number of benzene rings is 1. The van der Waals surface area contributed by atoms with E-state index in [4.69, 9.17) is 5.73 Å². The second kappa shape index (κ2) is 3.76. The van der Waals surface area contributed by atoms with E-state index in [2.05, 4.69) is 15.0 Å². The van der Waals surface area contributed by atoms with E-state index >= 15 is 0 Å². The number of hydrogen-bond acceptors (Lipinski definition) is 4. The van der Waals surface area contributed by atoms with Crippen LogP contribution in [0.1, 0.15) is 0 Å². The summed E-state index contributed by atoms with van der Waals surface area (Å²) in [5.74, 6) is 0.914. The average molecular weight is 243 g/mol. The van der Waals surface area contributed by atoms with Crippen LogP contribution in [0.4, 0.5) is 10.2 Å². The van der Waals surface area contributed by atoms with Crippen LogP contribution in [0.15, 0.2) is 30.6 Å². The molecule has 1 aromatic carbocycles. The molecule has 0 aromatic heterocycles. The zero-order valence-electron chi connectivity index (χ0n) is 9.63. The number of hydrogen-bond donors (Lipinski definition) is 1. The Bertz CT molecular complexity index is 691. The summed E-state index contributed by atoms with van der Waals surface area (Å²) in [7, 11) is 1.72. The first kappa shape index (κ1) is 10.6. The first-order chi connectivity index (χ1) is 8.68. The molecule has 18 heavy (non-hydrogen) atoms. The molecule has 0 bridgehead atoms. The second-order valence-electron chi connectivity index (χ2n) is 3.91. The normalized spacial score (nSPS) is 11.0. The summed E-state index contributed by atoms with van der Waals surface area (Å²) >= 11 is 0. The highest BCUT2D eigenvalue weighted by molar-refractivity contribution is 5.70. The smallest absolute Gasteiger partial charge is 0.185 e. The molecule has 90 valence electrons. The van der Waals surface area contributed by atoms with E-state index in [9.17, 15) is 4.39 Å². The van der Waals surface area contributed by atoms with Crippen LogP contribution in [0.25, 0.3) is 22.9 Å². The Labute approximate surface area is 102 Å². The van der Waals surface area contributed by atoms with Crippen LogP contribution in [0.3, 0.4) is 0 Å². The van der Waals surface area contributed by atoms with E-state index in [1.54, 1.807) is 29.8 Å². The molecule has 0 atom stereocenters. The van der Waals surface area contributed by atoms with Gasteiger partial charge in [0, 0.05) is 7.05 Å². The van der Waals surface area contributed by atoms with E-state index in [-0.39, 0.29) is 5.82 Å². The summed E-state index contributed by atoms with van der Waals surface area (Å²) < 4.78 is 15.4. The molecule has 2 aliphatic rings. The summed E-state index contributed by atoms with van der Waals surface area (Å²) in [5, 5.41) is 0. The van der Waals surface area contributed by atoms with Crippen LogP contribution in [-0.2, 0) is 7.05 Å². The van der Waals surface area contributed by atoms with Gasteiger partial charge in [0.05, 0.1) is 5.56 Å². The van der Waals surface area contributed by atoms with Crippen molar-refractivity contribution in [2.24, 2.45) is 7.05 Å². The number of rotatable bonds is 1. The lowest BCUT2D eigenvalue weighted by atomic mass is 10.2. The number of nitrogens with zero attached hydrogens (tertiary/aromatic N) is 4. The van der Waals surface area contributed by atoms with Crippen molar-refractivity contribution in [1.29, 1.82) is 0 Å². The summed E-state index contributed by atoms with van der Waals surface area (Å²) in [6, 6.07) is 6.41. The van der Waals surface area contributed by atoms with E-state index in [0.717, 1.165) is 0 Å². The Kier molecular flexibility index (Phi) is 2.22. The van der Waals surface area contributed by atoms with Gasteiger partial charge in [0.2, 0.25) is 0 Å². The van der Waals surface area contributed by atoms with Gasteiger partial charge < -0.3 is 10.3 Å². The molecule has 0 unspecified atom stereocenters. The minimum absolute atomic E-state index is 0.348. The summed E-state index contributed by atoms with van der Waals surface area (Å²) in [6.45, 7) is 0. The molecule has 0 saturated carbocycles. The second-order valence-corrected chi connectivity index (χ2v) is 3.91. The number of fused-ring (bicyclic) bond motifs is 1. The number of anilines is 1. The van der Waals surface area contributed by atoms with Crippen LogP contribution in [0, 0.1) is 5.82 Å². The number of nitrogen functional groups attached to an aromatic ring is 1. The van der Waals surface area contributed by atoms with Gasteiger partial charge in [-0.15, -0.1) is 0 Å². The molecular weight excluding hydrogens is 233 g/mol. The van der Waals surface area contributed by atoms with Gasteiger partial charge in [-0.05, 0) is 12.1 Å². The molecule has 1 aromatic rings. The molecule has 5 nitrogen and oxygen atoms in total. The SMILES string of the molecule is Cn1c(-c2ccccc2F)nc2ncnc-2c1N. The lowest BCUT2D eigenvalue weighted by Crippen LogP contribution is -2.10. The average Bonchev–Trinajstić information content (AvgIpc) is 2.83. The lowest BCUT2D eigenvalue weighted by Gasteiger charge is -2.13. The topological polar surface area (TPSA) is 69.6 Å². The number of halogens is 1. The van der Waals surface area contributed by atoms with Gasteiger partial charge in [0.25, 0.3) is 0 Å². The minimum Gasteiger partial charge on any atom is -0.383 e. The quantitative estimate of drug-likeness (QED) is 0.706. The Hall–Kier alpha value is -2.50. The van der Waals surface area contributed by atoms with Crippen molar-refractivity contribution in [3.05, 3.63) is 36.4 Å². The molecule has 6 heteroatoms. The maximum absolute atomic E-state index is 13.8. The van der Waals surface area contributed by atoms with Gasteiger partial charge in [-0.25, -0.2) is 19.3 Å². The fourth-order valence-corrected chi connectivity index (χ4v) is 1.85. The van der Waals surface area contributed by atoms with E-state index < -0.39 is 0 Å². The highest BCUT2D eigenvalue weighted by Gasteiger charge is 2.18. The molecule has 0 fully saturated rings. The maximum atomic E-state index is 13.8. The van der Waals surface area contributed by atoms with Crippen molar-refractivity contribution < 1.29 is 4.39 Å². The predicted molar refractivity (Wildman–Crippen MR) is 65.2 cm³/mol. The predicted octanol–water partition coefficient (Wildman–Crippen LogP) is 1.70. The first-order valence-electron chi connectivity index (χ1n) is 5.36. The summed E-state index contributed by atoms with van der Waals surface area (Å²) in [4.78, 5) is 12.3. The molecule has 0 amide bonds. The summed E-state index contributed by atoms with van der Waals surface area (Å²) in [6.07, 6.45) is 1.39. The van der Waals surface area contributed by atoms with Crippen molar-refractivity contribution in [3.8, 4) is 22.9 Å². The highest BCUT2D eigenvalue weighted by Crippen LogP contribution is 2.28. The van der Waals surface area contributed by atoms with Gasteiger partial charge in [-0.3, -0.25) is 0 Å². The van der Waals surface area contributed by atoms with Gasteiger partial charge in [-0.2, -0.15) is 0 Å². The molecule has 2 aliphatic heterocycles. The molecule has 0 aliphatic carbocycles. The monoisotopic (exact) mass is 243 g/mol. The van der Waals surface area contributed by atoms with Gasteiger partial charge >= 0.3 is 0 Å². The van der Waals surface area contributed by atoms with Gasteiger partial charge in [-0.1, -0.05) is 12.1 Å².